The Balaban J connectivity index is 1.39. The average Bonchev–Trinajstić information content (AvgIpc) is 3.37. The van der Waals surface area contributed by atoms with Gasteiger partial charge in [0.2, 0.25) is 0 Å². The molecule has 0 atom stereocenters. The molecule has 2 heterocycles. The van der Waals surface area contributed by atoms with Gasteiger partial charge in [-0.1, -0.05) is 103 Å². The van der Waals surface area contributed by atoms with Crippen molar-refractivity contribution < 1.29 is 0 Å². The van der Waals surface area contributed by atoms with E-state index in [4.69, 9.17) is 15.0 Å². The van der Waals surface area contributed by atoms with Crippen LogP contribution in [0.15, 0.2) is 127 Å². The Morgan fingerprint density at radius 2 is 1.10 bits per heavy atom. The molecule has 0 saturated carbocycles. The molecular weight excluding hydrogens is 494 g/mol. The van der Waals surface area contributed by atoms with Crippen LogP contribution in [0, 0.1) is 0 Å². The number of hydrogen-bond acceptors (Lipinski definition) is 4. The molecule has 0 amide bonds. The first-order valence-corrected chi connectivity index (χ1v) is 13.8. The van der Waals surface area contributed by atoms with Gasteiger partial charge in [-0.3, -0.25) is 0 Å². The molecule has 2 aromatic heterocycles. The highest BCUT2D eigenvalue weighted by Crippen LogP contribution is 2.39. The Bertz CT molecular complexity index is 2180. The van der Waals surface area contributed by atoms with Gasteiger partial charge in [0.25, 0.3) is 0 Å². The number of hydrogen-bond donors (Lipinski definition) is 0. The molecule has 182 valence electrons. The lowest BCUT2D eigenvalue weighted by atomic mass is 10.0. The molecule has 8 aromatic rings. The number of aromatic nitrogens is 3. The van der Waals surface area contributed by atoms with Gasteiger partial charge in [-0.15, -0.1) is 11.3 Å². The number of benzene rings is 6. The number of thiophene rings is 1. The monoisotopic (exact) mass is 515 g/mol. The molecule has 39 heavy (non-hydrogen) atoms. The van der Waals surface area contributed by atoms with Crippen LogP contribution in [-0.4, -0.2) is 15.0 Å². The van der Waals surface area contributed by atoms with Crippen molar-refractivity contribution in [1.29, 1.82) is 0 Å². The first-order chi connectivity index (χ1) is 19.3. The molecule has 8 rings (SSSR count). The molecule has 3 nitrogen and oxygen atoms in total. The van der Waals surface area contributed by atoms with E-state index in [1.165, 1.54) is 30.9 Å². The van der Waals surface area contributed by atoms with Crippen molar-refractivity contribution in [3.63, 3.8) is 0 Å². The summed E-state index contributed by atoms with van der Waals surface area (Å²) in [7, 11) is 0. The predicted octanol–water partition coefficient (Wildman–Crippen LogP) is 9.55. The van der Waals surface area contributed by atoms with Crippen LogP contribution in [-0.2, 0) is 0 Å². The number of fused-ring (bicyclic) bond motifs is 5. The highest BCUT2D eigenvalue weighted by atomic mass is 32.1. The van der Waals surface area contributed by atoms with Gasteiger partial charge in [0.1, 0.15) is 0 Å². The molecule has 0 bridgehead atoms. The van der Waals surface area contributed by atoms with Crippen LogP contribution in [0.4, 0.5) is 0 Å². The Kier molecular flexibility index (Phi) is 5.00. The third-order valence-electron chi connectivity index (χ3n) is 7.29. The molecule has 0 spiro atoms. The van der Waals surface area contributed by atoms with Crippen molar-refractivity contribution in [2.24, 2.45) is 0 Å². The second kappa shape index (κ2) is 8.83. The molecule has 4 heteroatoms. The summed E-state index contributed by atoms with van der Waals surface area (Å²) in [5.41, 5.74) is 2.95. The number of nitrogens with zero attached hydrogens (tertiary/aromatic N) is 3. The molecule has 0 N–H and O–H groups in total. The van der Waals surface area contributed by atoms with Gasteiger partial charge in [-0.2, -0.15) is 0 Å². The molecule has 0 unspecified atom stereocenters. The lowest BCUT2D eigenvalue weighted by molar-refractivity contribution is 1.08. The van der Waals surface area contributed by atoms with Crippen LogP contribution in [0.25, 0.3) is 75.9 Å². The third kappa shape index (κ3) is 3.77. The van der Waals surface area contributed by atoms with E-state index in [1.807, 2.05) is 41.7 Å². The van der Waals surface area contributed by atoms with Crippen molar-refractivity contribution in [3.05, 3.63) is 127 Å². The lowest BCUT2D eigenvalue weighted by Gasteiger charge is -2.11. The Labute approximate surface area is 229 Å². The van der Waals surface area contributed by atoms with E-state index in [9.17, 15) is 0 Å². The van der Waals surface area contributed by atoms with E-state index < -0.39 is 0 Å². The van der Waals surface area contributed by atoms with Crippen molar-refractivity contribution in [2.45, 2.75) is 0 Å². The molecular formula is C35H21N3S. The summed E-state index contributed by atoms with van der Waals surface area (Å²) in [6.07, 6.45) is 0. The smallest absolute Gasteiger partial charge is 0.164 e. The van der Waals surface area contributed by atoms with Crippen molar-refractivity contribution in [2.75, 3.05) is 0 Å². The lowest BCUT2D eigenvalue weighted by Crippen LogP contribution is -2.00. The summed E-state index contributed by atoms with van der Waals surface area (Å²) in [6, 6.07) is 44.5. The minimum atomic E-state index is 0.669. The second-order valence-corrected chi connectivity index (χ2v) is 10.8. The summed E-state index contributed by atoms with van der Waals surface area (Å²) in [4.78, 5) is 15.0. The highest BCUT2D eigenvalue weighted by Gasteiger charge is 2.16. The third-order valence-corrected chi connectivity index (χ3v) is 8.43. The standard InChI is InChI=1S/C35H21N3S/c1-2-10-23(11-3-1)33-36-34(26-18-17-22-9-4-5-12-24(22)19-26)38-35(37-33)28-15-8-13-25-20-32-30(21-29(25)28)27-14-6-7-16-31(27)39-32/h1-21H. The van der Waals surface area contributed by atoms with Gasteiger partial charge in [0.15, 0.2) is 17.5 Å². The van der Waals surface area contributed by atoms with Crippen LogP contribution in [0.1, 0.15) is 0 Å². The summed E-state index contributed by atoms with van der Waals surface area (Å²) in [5.74, 6) is 2.02. The Hall–Kier alpha value is -4.93. The fourth-order valence-electron chi connectivity index (χ4n) is 5.36. The summed E-state index contributed by atoms with van der Waals surface area (Å²) >= 11 is 1.84. The van der Waals surface area contributed by atoms with Crippen LogP contribution in [0.3, 0.4) is 0 Å². The van der Waals surface area contributed by atoms with Crippen LogP contribution >= 0.6 is 11.3 Å². The van der Waals surface area contributed by atoms with E-state index in [-0.39, 0.29) is 0 Å². The summed E-state index contributed by atoms with van der Waals surface area (Å²) in [5, 5.41) is 7.23. The van der Waals surface area contributed by atoms with Gasteiger partial charge in [-0.05, 0) is 45.8 Å². The van der Waals surface area contributed by atoms with Crippen LogP contribution in [0.5, 0.6) is 0 Å². The van der Waals surface area contributed by atoms with E-state index in [2.05, 4.69) is 97.1 Å². The second-order valence-electron chi connectivity index (χ2n) is 9.71. The fraction of sp³-hybridized carbons (Fsp3) is 0. The van der Waals surface area contributed by atoms with Crippen molar-refractivity contribution in [3.8, 4) is 34.2 Å². The van der Waals surface area contributed by atoms with Crippen molar-refractivity contribution in [1.82, 2.24) is 15.0 Å². The first-order valence-electron chi connectivity index (χ1n) is 13.0. The maximum atomic E-state index is 5.07. The topological polar surface area (TPSA) is 38.7 Å². The van der Waals surface area contributed by atoms with Crippen molar-refractivity contribution >= 4 is 53.1 Å². The highest BCUT2D eigenvalue weighted by molar-refractivity contribution is 7.25. The average molecular weight is 516 g/mol. The van der Waals surface area contributed by atoms with Crippen LogP contribution < -0.4 is 0 Å². The molecule has 0 saturated heterocycles. The largest absolute Gasteiger partial charge is 0.208 e. The van der Waals surface area contributed by atoms with Crippen LogP contribution in [0.2, 0.25) is 0 Å². The summed E-state index contributed by atoms with van der Waals surface area (Å²) in [6.45, 7) is 0. The minimum absolute atomic E-state index is 0.669. The Morgan fingerprint density at radius 1 is 0.385 bits per heavy atom. The van der Waals surface area contributed by atoms with Gasteiger partial charge >= 0.3 is 0 Å². The Morgan fingerprint density at radius 3 is 2.00 bits per heavy atom. The molecule has 0 aliphatic heterocycles. The quantitative estimate of drug-likeness (QED) is 0.235. The van der Waals surface area contributed by atoms with Gasteiger partial charge < -0.3 is 0 Å². The maximum Gasteiger partial charge on any atom is 0.164 e. The zero-order valence-corrected chi connectivity index (χ0v) is 21.7. The van der Waals surface area contributed by atoms with Gasteiger partial charge in [0, 0.05) is 36.9 Å². The fourth-order valence-corrected chi connectivity index (χ4v) is 6.50. The zero-order valence-electron chi connectivity index (χ0n) is 20.9. The SMILES string of the molecule is c1ccc(-c2nc(-c3ccc4ccccc4c3)nc(-c3cccc4cc5sc6ccccc6c5cc34)n2)cc1. The predicted molar refractivity (Wildman–Crippen MR) is 164 cm³/mol. The maximum absolute atomic E-state index is 5.07. The summed E-state index contributed by atoms with van der Waals surface area (Å²) < 4.78 is 2.59. The number of rotatable bonds is 3. The molecule has 0 radical (unpaired) electrons. The minimum Gasteiger partial charge on any atom is -0.208 e. The van der Waals surface area contributed by atoms with E-state index >= 15 is 0 Å². The molecule has 0 fully saturated rings. The van der Waals surface area contributed by atoms with Gasteiger partial charge in [0.05, 0.1) is 0 Å². The first kappa shape index (κ1) is 22.1. The van der Waals surface area contributed by atoms with E-state index in [0.29, 0.717) is 17.5 Å². The van der Waals surface area contributed by atoms with E-state index in [1.54, 1.807) is 0 Å². The molecule has 6 aromatic carbocycles. The molecule has 0 aliphatic carbocycles. The zero-order chi connectivity index (χ0) is 25.8. The van der Waals surface area contributed by atoms with E-state index in [0.717, 1.165) is 27.5 Å². The molecule has 0 aliphatic rings. The normalized spacial score (nSPS) is 11.6. The van der Waals surface area contributed by atoms with Gasteiger partial charge in [-0.25, -0.2) is 15.0 Å².